The second-order valence-electron chi connectivity index (χ2n) is 7.47. The van der Waals surface area contributed by atoms with E-state index in [0.29, 0.717) is 37.6 Å². The highest BCUT2D eigenvalue weighted by Gasteiger charge is 2.37. The predicted octanol–water partition coefficient (Wildman–Crippen LogP) is 2.08. The molecule has 0 aliphatic carbocycles. The zero-order chi connectivity index (χ0) is 18.7. The van der Waals surface area contributed by atoms with Crippen molar-refractivity contribution in [3.63, 3.8) is 0 Å². The molecule has 1 saturated heterocycles. The van der Waals surface area contributed by atoms with E-state index in [1.54, 1.807) is 4.90 Å². The summed E-state index contributed by atoms with van der Waals surface area (Å²) in [7, 11) is 0. The molecule has 1 atom stereocenters. The molecule has 2 amide bonds. The van der Waals surface area contributed by atoms with Crippen LogP contribution in [-0.4, -0.2) is 35.0 Å². The Kier molecular flexibility index (Phi) is 5.06. The quantitative estimate of drug-likeness (QED) is 0.829. The Labute approximate surface area is 152 Å². The highest BCUT2D eigenvalue weighted by Crippen LogP contribution is 2.25. The molecule has 0 bridgehead atoms. The lowest BCUT2D eigenvalue weighted by molar-refractivity contribution is -0.132. The van der Waals surface area contributed by atoms with Gasteiger partial charge in [0.05, 0.1) is 0 Å². The fourth-order valence-corrected chi connectivity index (χ4v) is 2.86. The number of nitrogens with one attached hydrogen (secondary N) is 1. The maximum absolute atomic E-state index is 12.5. The Bertz CT molecular complexity index is 780. The van der Waals surface area contributed by atoms with Crippen molar-refractivity contribution in [3.05, 3.63) is 42.0 Å². The lowest BCUT2D eigenvalue weighted by atomic mass is 9.96. The number of carbonyl (C=O) groups is 2. The van der Waals surface area contributed by atoms with Gasteiger partial charge in [-0.05, 0) is 18.6 Å². The van der Waals surface area contributed by atoms with Gasteiger partial charge in [0.15, 0.2) is 5.82 Å². The number of carbonyl (C=O) groups excluding carboxylic acids is 2. The van der Waals surface area contributed by atoms with E-state index in [4.69, 9.17) is 4.52 Å². The predicted molar refractivity (Wildman–Crippen MR) is 96.6 cm³/mol. The minimum absolute atomic E-state index is 0.151. The van der Waals surface area contributed by atoms with E-state index in [-0.39, 0.29) is 17.2 Å². The average molecular weight is 356 g/mol. The van der Waals surface area contributed by atoms with Crippen molar-refractivity contribution in [2.75, 3.05) is 18.0 Å². The summed E-state index contributed by atoms with van der Waals surface area (Å²) in [4.78, 5) is 30.9. The molecule has 3 rings (SSSR count). The second kappa shape index (κ2) is 7.27. The van der Waals surface area contributed by atoms with Crippen molar-refractivity contribution in [2.45, 2.75) is 39.0 Å². The van der Waals surface area contributed by atoms with Crippen molar-refractivity contribution in [1.82, 2.24) is 15.5 Å². The normalized spacial score (nSPS) is 17.6. The summed E-state index contributed by atoms with van der Waals surface area (Å²) in [5.41, 5.74) is 0.649. The summed E-state index contributed by atoms with van der Waals surface area (Å²) >= 11 is 0. The highest BCUT2D eigenvalue weighted by molar-refractivity contribution is 6.09. The molecule has 1 aromatic carbocycles. The Morgan fingerprint density at radius 3 is 2.69 bits per heavy atom. The Morgan fingerprint density at radius 2 is 2.04 bits per heavy atom. The van der Waals surface area contributed by atoms with Gasteiger partial charge in [0.1, 0.15) is 5.92 Å². The zero-order valence-electron chi connectivity index (χ0n) is 15.4. The maximum Gasteiger partial charge on any atom is 0.239 e. The molecule has 0 radical (unpaired) electrons. The molecule has 26 heavy (non-hydrogen) atoms. The molecule has 2 aromatic rings. The largest absolute Gasteiger partial charge is 0.355 e. The monoisotopic (exact) mass is 356 g/mol. The molecule has 1 aliphatic heterocycles. The lowest BCUT2D eigenvalue weighted by Crippen LogP contribution is -2.37. The molecule has 7 nitrogen and oxygen atoms in total. The van der Waals surface area contributed by atoms with Crippen LogP contribution in [0.5, 0.6) is 0 Å². The van der Waals surface area contributed by atoms with Crippen LogP contribution in [0.15, 0.2) is 34.9 Å². The van der Waals surface area contributed by atoms with Gasteiger partial charge in [-0.15, -0.1) is 0 Å². The molecule has 0 spiro atoms. The summed E-state index contributed by atoms with van der Waals surface area (Å²) < 4.78 is 5.21. The third-order valence-electron chi connectivity index (χ3n) is 4.37. The van der Waals surface area contributed by atoms with Gasteiger partial charge >= 0.3 is 0 Å². The molecule has 1 aliphatic rings. The van der Waals surface area contributed by atoms with Gasteiger partial charge in [-0.2, -0.15) is 4.98 Å². The van der Waals surface area contributed by atoms with Gasteiger partial charge in [-0.25, -0.2) is 0 Å². The van der Waals surface area contributed by atoms with E-state index >= 15 is 0 Å². The van der Waals surface area contributed by atoms with Crippen LogP contribution < -0.4 is 10.2 Å². The average Bonchev–Trinajstić information content (AvgIpc) is 3.22. The molecule has 1 N–H and O–H groups in total. The number of benzene rings is 1. The first kappa shape index (κ1) is 18.1. The van der Waals surface area contributed by atoms with Gasteiger partial charge < -0.3 is 14.7 Å². The minimum atomic E-state index is -0.636. The Morgan fingerprint density at radius 1 is 1.31 bits per heavy atom. The number of nitrogens with zero attached hydrogens (tertiary/aromatic N) is 3. The van der Waals surface area contributed by atoms with Crippen LogP contribution in [0.1, 0.15) is 38.9 Å². The molecule has 1 aromatic heterocycles. The molecule has 0 saturated carbocycles. The summed E-state index contributed by atoms with van der Waals surface area (Å²) in [6.45, 7) is 6.94. The van der Waals surface area contributed by atoms with Crippen molar-refractivity contribution < 1.29 is 14.1 Å². The molecule has 138 valence electrons. The third-order valence-corrected chi connectivity index (χ3v) is 4.37. The smallest absolute Gasteiger partial charge is 0.239 e. The van der Waals surface area contributed by atoms with E-state index in [9.17, 15) is 9.59 Å². The fraction of sp³-hybridized carbons (Fsp3) is 0.474. The minimum Gasteiger partial charge on any atom is -0.355 e. The number of para-hydroxylation sites is 1. The molecule has 2 heterocycles. The second-order valence-corrected chi connectivity index (χ2v) is 7.47. The fourth-order valence-electron chi connectivity index (χ4n) is 2.86. The maximum atomic E-state index is 12.5. The molecular weight excluding hydrogens is 332 g/mol. The van der Waals surface area contributed by atoms with Crippen LogP contribution in [0.25, 0.3) is 0 Å². The van der Waals surface area contributed by atoms with Crippen LogP contribution in [0.2, 0.25) is 0 Å². The van der Waals surface area contributed by atoms with Crippen LogP contribution in [0, 0.1) is 5.92 Å². The molecular formula is C19H24N4O3. The van der Waals surface area contributed by atoms with E-state index < -0.39 is 5.92 Å². The standard InChI is InChI=1S/C19H24N4O3/c1-19(2,3)18-21-15(26-22-18)9-11-20-16(24)14-10-12-23(17(14)25)13-7-5-4-6-8-13/h4-8,14H,9-12H2,1-3H3,(H,20,24). The Hall–Kier alpha value is -2.70. The van der Waals surface area contributed by atoms with Crippen molar-refractivity contribution in [2.24, 2.45) is 5.92 Å². The summed E-state index contributed by atoms with van der Waals surface area (Å²) in [6, 6.07) is 9.41. The van der Waals surface area contributed by atoms with Crippen molar-refractivity contribution in [1.29, 1.82) is 0 Å². The first-order valence-corrected chi connectivity index (χ1v) is 8.83. The van der Waals surface area contributed by atoms with Crippen LogP contribution in [0.3, 0.4) is 0 Å². The SMILES string of the molecule is CC(C)(C)c1noc(CCNC(=O)C2CCN(c3ccccc3)C2=O)n1. The summed E-state index contributed by atoms with van der Waals surface area (Å²) in [5, 5.41) is 6.77. The van der Waals surface area contributed by atoms with Crippen molar-refractivity contribution in [3.8, 4) is 0 Å². The van der Waals surface area contributed by atoms with E-state index in [2.05, 4.69) is 15.5 Å². The molecule has 1 unspecified atom stereocenters. The summed E-state index contributed by atoms with van der Waals surface area (Å²) in [5.74, 6) is 0.0933. The first-order chi connectivity index (χ1) is 12.4. The lowest BCUT2D eigenvalue weighted by Gasteiger charge is -2.16. The van der Waals surface area contributed by atoms with Gasteiger partial charge in [-0.1, -0.05) is 44.1 Å². The number of hydrogen-bond donors (Lipinski definition) is 1. The zero-order valence-corrected chi connectivity index (χ0v) is 15.4. The van der Waals surface area contributed by atoms with E-state index in [1.165, 1.54) is 0 Å². The molecule has 1 fully saturated rings. The van der Waals surface area contributed by atoms with Gasteiger partial charge in [-0.3, -0.25) is 9.59 Å². The van der Waals surface area contributed by atoms with Crippen LogP contribution in [0.4, 0.5) is 5.69 Å². The van der Waals surface area contributed by atoms with Gasteiger partial charge in [0.25, 0.3) is 0 Å². The van der Waals surface area contributed by atoms with Crippen LogP contribution in [-0.2, 0) is 21.4 Å². The van der Waals surface area contributed by atoms with E-state index in [1.807, 2.05) is 51.1 Å². The molecule has 7 heteroatoms. The van der Waals surface area contributed by atoms with E-state index in [0.717, 1.165) is 5.69 Å². The highest BCUT2D eigenvalue weighted by atomic mass is 16.5. The number of amides is 2. The van der Waals surface area contributed by atoms with Crippen molar-refractivity contribution >= 4 is 17.5 Å². The topological polar surface area (TPSA) is 88.3 Å². The van der Waals surface area contributed by atoms with Gasteiger partial charge in [0.2, 0.25) is 17.7 Å². The first-order valence-electron chi connectivity index (χ1n) is 8.83. The van der Waals surface area contributed by atoms with Crippen LogP contribution >= 0.6 is 0 Å². The van der Waals surface area contributed by atoms with Gasteiger partial charge in [0, 0.05) is 30.6 Å². The third kappa shape index (κ3) is 3.92. The number of rotatable bonds is 5. The Balaban J connectivity index is 1.51. The number of aromatic nitrogens is 2. The number of anilines is 1. The summed E-state index contributed by atoms with van der Waals surface area (Å²) in [6.07, 6.45) is 0.965. The number of hydrogen-bond acceptors (Lipinski definition) is 5.